The van der Waals surface area contributed by atoms with Crippen LogP contribution in [0, 0.1) is 0 Å². The van der Waals surface area contributed by atoms with Gasteiger partial charge in [-0.05, 0) is 6.92 Å². The molecule has 0 aromatic rings. The zero-order chi connectivity index (χ0) is 10.7. The average molecular weight is 245 g/mol. The number of carbonyl (C=O) groups excluding carboxylic acids is 1. The van der Waals surface area contributed by atoms with E-state index in [0.717, 1.165) is 0 Å². The van der Waals surface area contributed by atoms with Gasteiger partial charge in [0.1, 0.15) is 18.8 Å². The Morgan fingerprint density at radius 2 is 2.07 bits per heavy atom. The Bertz CT molecular complexity index is 214. The van der Waals surface area contributed by atoms with Crippen molar-refractivity contribution in [2.24, 2.45) is 0 Å². The summed E-state index contributed by atoms with van der Waals surface area (Å²) in [6, 6.07) is 0. The molecule has 2 atom stereocenters. The van der Waals surface area contributed by atoms with Gasteiger partial charge < -0.3 is 9.53 Å². The maximum atomic E-state index is 10.1. The van der Waals surface area contributed by atoms with Gasteiger partial charge in [0.15, 0.2) is 0 Å². The van der Waals surface area contributed by atoms with E-state index in [0.29, 0.717) is 6.29 Å². The summed E-state index contributed by atoms with van der Waals surface area (Å²) < 4.78 is 10.2. The molecule has 1 saturated heterocycles. The normalized spacial score (nSPS) is 37.4. The molecule has 1 aliphatic rings. The largest absolute Gasteiger partial charge is 0.329 e. The van der Waals surface area contributed by atoms with E-state index in [9.17, 15) is 4.79 Å². The van der Waals surface area contributed by atoms with Gasteiger partial charge in [-0.15, -0.1) is 23.2 Å². The zero-order valence-electron chi connectivity index (χ0n) is 7.50. The van der Waals surface area contributed by atoms with Crippen molar-refractivity contribution in [1.82, 2.24) is 0 Å². The summed E-state index contributed by atoms with van der Waals surface area (Å²) in [7, 11) is 0. The van der Waals surface area contributed by atoms with E-state index in [-0.39, 0.29) is 18.4 Å². The molecule has 1 fully saturated rings. The van der Waals surface area contributed by atoms with Crippen LogP contribution >= 0.6 is 23.2 Å². The van der Waals surface area contributed by atoms with Crippen LogP contribution in [0.3, 0.4) is 0 Å². The van der Waals surface area contributed by atoms with E-state index in [1.165, 1.54) is 0 Å². The van der Waals surface area contributed by atoms with Gasteiger partial charge >= 0.3 is 5.97 Å². The molecular formula is C7H10Cl2O5. The SMILES string of the molecule is C[C@]1(CCl)OO[C@@](CCl)(OCC=O)O1. The Balaban J connectivity index is 2.60. The molecule has 0 aromatic heterocycles. The van der Waals surface area contributed by atoms with Crippen molar-refractivity contribution in [1.29, 1.82) is 0 Å². The molecule has 1 rings (SSSR count). The lowest BCUT2D eigenvalue weighted by molar-refractivity contribution is -0.404. The summed E-state index contributed by atoms with van der Waals surface area (Å²) in [4.78, 5) is 19.7. The van der Waals surface area contributed by atoms with Crippen molar-refractivity contribution < 1.29 is 24.0 Å². The van der Waals surface area contributed by atoms with Crippen LogP contribution < -0.4 is 0 Å². The smallest absolute Gasteiger partial charge is 0.317 e. The summed E-state index contributed by atoms with van der Waals surface area (Å²) in [5.74, 6) is -2.74. The van der Waals surface area contributed by atoms with E-state index in [1.54, 1.807) is 6.92 Å². The third kappa shape index (κ3) is 2.56. The number of alkyl halides is 2. The number of ether oxygens (including phenoxy) is 2. The highest BCUT2D eigenvalue weighted by Crippen LogP contribution is 2.35. The lowest BCUT2D eigenvalue weighted by atomic mass is 10.4. The second-order valence-corrected chi connectivity index (χ2v) is 3.37. The van der Waals surface area contributed by atoms with Gasteiger partial charge in [0.05, 0.1) is 5.88 Å². The molecule has 0 radical (unpaired) electrons. The van der Waals surface area contributed by atoms with Gasteiger partial charge in [0, 0.05) is 0 Å². The highest BCUT2D eigenvalue weighted by Gasteiger charge is 2.51. The number of hydrogen-bond donors (Lipinski definition) is 0. The van der Waals surface area contributed by atoms with E-state index in [2.05, 4.69) is 0 Å². The Morgan fingerprint density at radius 1 is 1.36 bits per heavy atom. The Kier molecular flexibility index (Phi) is 4.12. The van der Waals surface area contributed by atoms with Gasteiger partial charge in [-0.1, -0.05) is 0 Å². The van der Waals surface area contributed by atoms with Crippen molar-refractivity contribution in [2.45, 2.75) is 18.7 Å². The van der Waals surface area contributed by atoms with Gasteiger partial charge in [-0.2, -0.15) is 9.78 Å². The molecule has 0 aromatic carbocycles. The van der Waals surface area contributed by atoms with Crippen LogP contribution in [0.1, 0.15) is 6.92 Å². The minimum Gasteiger partial charge on any atom is -0.317 e. The molecule has 1 aliphatic heterocycles. The molecule has 1 heterocycles. The van der Waals surface area contributed by atoms with Crippen LogP contribution in [0.5, 0.6) is 0 Å². The monoisotopic (exact) mass is 244 g/mol. The number of carbonyl (C=O) groups is 1. The first-order chi connectivity index (χ1) is 6.60. The zero-order valence-corrected chi connectivity index (χ0v) is 9.01. The fraction of sp³-hybridized carbons (Fsp3) is 0.857. The van der Waals surface area contributed by atoms with Crippen molar-refractivity contribution >= 4 is 29.5 Å². The molecular weight excluding hydrogens is 235 g/mol. The van der Waals surface area contributed by atoms with Crippen LogP contribution in [0.2, 0.25) is 0 Å². The number of halogens is 2. The van der Waals surface area contributed by atoms with E-state index in [1.807, 2.05) is 0 Å². The number of hydrogen-bond acceptors (Lipinski definition) is 5. The molecule has 0 amide bonds. The molecule has 0 saturated carbocycles. The Hall–Kier alpha value is 0.0900. The first-order valence-corrected chi connectivity index (χ1v) is 4.93. The van der Waals surface area contributed by atoms with Gasteiger partial charge in [-0.25, -0.2) is 0 Å². The Morgan fingerprint density at radius 3 is 2.50 bits per heavy atom. The number of rotatable bonds is 5. The van der Waals surface area contributed by atoms with E-state index < -0.39 is 11.8 Å². The molecule has 5 nitrogen and oxygen atoms in total. The fourth-order valence-corrected chi connectivity index (χ4v) is 1.14. The standard InChI is InChI=1S/C7H10Cl2O5/c1-6(4-8)12-7(5-9,14-13-6)11-3-2-10/h2H,3-5H2,1H3/t6-,7+/m1/s1. The topological polar surface area (TPSA) is 54.0 Å². The average Bonchev–Trinajstić information content (AvgIpc) is 2.55. The summed E-state index contributed by atoms with van der Waals surface area (Å²) in [5.41, 5.74) is 0. The minimum atomic E-state index is -1.55. The van der Waals surface area contributed by atoms with Crippen LogP contribution in [-0.2, 0) is 24.0 Å². The molecule has 0 unspecified atom stereocenters. The second-order valence-electron chi connectivity index (χ2n) is 2.83. The van der Waals surface area contributed by atoms with Gasteiger partial charge in [0.2, 0.25) is 5.79 Å². The van der Waals surface area contributed by atoms with Crippen molar-refractivity contribution in [3.05, 3.63) is 0 Å². The fourth-order valence-electron chi connectivity index (χ4n) is 0.867. The summed E-state index contributed by atoms with van der Waals surface area (Å²) in [6.45, 7) is 1.37. The number of aldehydes is 1. The van der Waals surface area contributed by atoms with Gasteiger partial charge in [0.25, 0.3) is 0 Å². The Labute approximate surface area is 91.1 Å². The third-order valence-electron chi connectivity index (χ3n) is 1.49. The first kappa shape index (κ1) is 12.2. The van der Waals surface area contributed by atoms with Crippen LogP contribution in [0.4, 0.5) is 0 Å². The van der Waals surface area contributed by atoms with Crippen LogP contribution in [0.15, 0.2) is 0 Å². The lowest BCUT2D eigenvalue weighted by Gasteiger charge is -2.23. The molecule has 0 N–H and O–H groups in total. The minimum absolute atomic E-state index is 0.0517. The van der Waals surface area contributed by atoms with Crippen molar-refractivity contribution in [3.63, 3.8) is 0 Å². The summed E-state index contributed by atoms with van der Waals surface area (Å²) in [6.07, 6.45) is 0.553. The highest BCUT2D eigenvalue weighted by molar-refractivity contribution is 6.18. The van der Waals surface area contributed by atoms with E-state index >= 15 is 0 Å². The second kappa shape index (κ2) is 4.74. The van der Waals surface area contributed by atoms with E-state index in [4.69, 9.17) is 42.5 Å². The molecule has 14 heavy (non-hydrogen) atoms. The van der Waals surface area contributed by atoms with Crippen molar-refractivity contribution in [3.8, 4) is 0 Å². The third-order valence-corrected chi connectivity index (χ3v) is 2.31. The van der Waals surface area contributed by atoms with Crippen LogP contribution in [0.25, 0.3) is 0 Å². The lowest BCUT2D eigenvalue weighted by Crippen LogP contribution is -2.40. The molecule has 7 heteroatoms. The predicted molar refractivity (Wildman–Crippen MR) is 47.8 cm³/mol. The summed E-state index contributed by atoms with van der Waals surface area (Å²) in [5, 5.41) is 0. The van der Waals surface area contributed by atoms with Crippen molar-refractivity contribution in [2.75, 3.05) is 18.4 Å². The summed E-state index contributed by atoms with van der Waals surface area (Å²) >= 11 is 11.1. The van der Waals surface area contributed by atoms with Crippen LogP contribution in [-0.4, -0.2) is 36.4 Å². The molecule has 0 aliphatic carbocycles. The molecule has 0 bridgehead atoms. The first-order valence-electron chi connectivity index (χ1n) is 3.86. The maximum absolute atomic E-state index is 10.1. The van der Waals surface area contributed by atoms with Gasteiger partial charge in [-0.3, -0.25) is 4.74 Å². The maximum Gasteiger partial charge on any atom is 0.329 e. The quantitative estimate of drug-likeness (QED) is 0.411. The molecule has 0 spiro atoms. The predicted octanol–water partition coefficient (Wildman–Crippen LogP) is 1.03. The molecule has 82 valence electrons. The highest BCUT2D eigenvalue weighted by atomic mass is 35.5.